The van der Waals surface area contributed by atoms with Gasteiger partial charge in [-0.15, -0.1) is 0 Å². The van der Waals surface area contributed by atoms with Crippen LogP contribution in [0.2, 0.25) is 0 Å². The average Bonchev–Trinajstić information content (AvgIpc) is 2.88. The summed E-state index contributed by atoms with van der Waals surface area (Å²) < 4.78 is 5.58. The average molecular weight is 286 g/mol. The van der Waals surface area contributed by atoms with Crippen molar-refractivity contribution in [1.82, 2.24) is 9.97 Å². The molecule has 5 heteroatoms. The third kappa shape index (κ3) is 3.05. The SMILES string of the molecule is Oc1ccc(OCCSc2nc3ccccc3[nH]2)cc1. The van der Waals surface area contributed by atoms with Crippen LogP contribution in [0.15, 0.2) is 53.7 Å². The minimum Gasteiger partial charge on any atom is -0.508 e. The summed E-state index contributed by atoms with van der Waals surface area (Å²) in [5, 5.41) is 10.1. The van der Waals surface area contributed by atoms with E-state index in [2.05, 4.69) is 9.97 Å². The zero-order valence-corrected chi connectivity index (χ0v) is 11.6. The van der Waals surface area contributed by atoms with Crippen LogP contribution in [0.4, 0.5) is 0 Å². The number of ether oxygens (including phenoxy) is 1. The normalized spacial score (nSPS) is 10.8. The van der Waals surface area contributed by atoms with E-state index in [1.54, 1.807) is 36.0 Å². The Hall–Kier alpha value is -2.14. The Bertz CT molecular complexity index is 661. The van der Waals surface area contributed by atoms with Crippen molar-refractivity contribution in [1.29, 1.82) is 0 Å². The van der Waals surface area contributed by atoms with E-state index < -0.39 is 0 Å². The molecule has 0 atom stereocenters. The van der Waals surface area contributed by atoms with Gasteiger partial charge in [-0.25, -0.2) is 4.98 Å². The second-order valence-electron chi connectivity index (χ2n) is 4.25. The van der Waals surface area contributed by atoms with Gasteiger partial charge in [0, 0.05) is 5.75 Å². The van der Waals surface area contributed by atoms with Crippen LogP contribution in [0, 0.1) is 0 Å². The van der Waals surface area contributed by atoms with Crippen molar-refractivity contribution in [3.63, 3.8) is 0 Å². The van der Waals surface area contributed by atoms with Gasteiger partial charge >= 0.3 is 0 Å². The highest BCUT2D eigenvalue weighted by Gasteiger charge is 2.02. The molecule has 0 aliphatic carbocycles. The number of nitrogens with one attached hydrogen (secondary N) is 1. The Morgan fingerprint density at radius 2 is 1.90 bits per heavy atom. The Labute approximate surface area is 120 Å². The number of nitrogens with zero attached hydrogens (tertiary/aromatic N) is 1. The first-order valence-corrected chi connectivity index (χ1v) is 7.29. The number of rotatable bonds is 5. The number of thioether (sulfide) groups is 1. The van der Waals surface area contributed by atoms with E-state index in [4.69, 9.17) is 4.74 Å². The third-order valence-electron chi connectivity index (χ3n) is 2.80. The maximum Gasteiger partial charge on any atom is 0.166 e. The molecule has 0 bridgehead atoms. The molecular formula is C15H14N2O2S. The van der Waals surface area contributed by atoms with Crippen molar-refractivity contribution < 1.29 is 9.84 Å². The molecule has 102 valence electrons. The number of benzene rings is 2. The lowest BCUT2D eigenvalue weighted by Gasteiger charge is -2.04. The monoisotopic (exact) mass is 286 g/mol. The van der Waals surface area contributed by atoms with Crippen molar-refractivity contribution in [3.8, 4) is 11.5 Å². The first kappa shape index (κ1) is 12.9. The van der Waals surface area contributed by atoms with Crippen molar-refractivity contribution >= 4 is 22.8 Å². The van der Waals surface area contributed by atoms with Crippen LogP contribution < -0.4 is 4.74 Å². The van der Waals surface area contributed by atoms with Crippen LogP contribution in [-0.4, -0.2) is 27.4 Å². The van der Waals surface area contributed by atoms with Gasteiger partial charge in [0.15, 0.2) is 5.16 Å². The standard InChI is InChI=1S/C15H14N2O2S/c18-11-5-7-12(8-6-11)19-9-10-20-15-16-13-3-1-2-4-14(13)17-15/h1-8,18H,9-10H2,(H,16,17). The number of aromatic nitrogens is 2. The number of H-pyrrole nitrogens is 1. The number of hydrogen-bond acceptors (Lipinski definition) is 4. The zero-order valence-electron chi connectivity index (χ0n) is 10.7. The molecule has 0 aliphatic heterocycles. The molecule has 0 amide bonds. The van der Waals surface area contributed by atoms with Gasteiger partial charge in [-0.1, -0.05) is 23.9 Å². The number of phenols is 1. The molecule has 20 heavy (non-hydrogen) atoms. The summed E-state index contributed by atoms with van der Waals surface area (Å²) in [4.78, 5) is 7.75. The van der Waals surface area contributed by atoms with E-state index in [9.17, 15) is 5.11 Å². The van der Waals surface area contributed by atoms with Crippen molar-refractivity contribution in [2.75, 3.05) is 12.4 Å². The predicted octanol–water partition coefficient (Wildman–Crippen LogP) is 3.44. The summed E-state index contributed by atoms with van der Waals surface area (Å²) >= 11 is 1.63. The van der Waals surface area contributed by atoms with Crippen molar-refractivity contribution in [3.05, 3.63) is 48.5 Å². The number of para-hydroxylation sites is 2. The molecular weight excluding hydrogens is 272 g/mol. The Kier molecular flexibility index (Phi) is 3.78. The molecule has 1 aromatic heterocycles. The molecule has 3 aromatic rings. The number of aromatic hydroxyl groups is 1. The minimum atomic E-state index is 0.244. The maximum atomic E-state index is 9.17. The highest BCUT2D eigenvalue weighted by atomic mass is 32.2. The lowest BCUT2D eigenvalue weighted by molar-refractivity contribution is 0.343. The molecule has 0 saturated carbocycles. The quantitative estimate of drug-likeness (QED) is 0.557. The zero-order chi connectivity index (χ0) is 13.8. The van der Waals surface area contributed by atoms with E-state index in [1.807, 2.05) is 24.3 Å². The Morgan fingerprint density at radius 1 is 1.10 bits per heavy atom. The molecule has 0 radical (unpaired) electrons. The second kappa shape index (κ2) is 5.88. The van der Waals surface area contributed by atoms with Gasteiger partial charge < -0.3 is 14.8 Å². The maximum absolute atomic E-state index is 9.17. The predicted molar refractivity (Wildman–Crippen MR) is 80.4 cm³/mol. The number of imidazole rings is 1. The molecule has 0 saturated heterocycles. The minimum absolute atomic E-state index is 0.244. The highest BCUT2D eigenvalue weighted by molar-refractivity contribution is 7.99. The molecule has 0 unspecified atom stereocenters. The van der Waals surface area contributed by atoms with Crippen molar-refractivity contribution in [2.45, 2.75) is 5.16 Å². The summed E-state index contributed by atoms with van der Waals surface area (Å²) in [7, 11) is 0. The first-order valence-electron chi connectivity index (χ1n) is 6.31. The molecule has 0 fully saturated rings. The molecule has 2 aromatic carbocycles. The van der Waals surface area contributed by atoms with Crippen LogP contribution in [0.3, 0.4) is 0 Å². The summed E-state index contributed by atoms with van der Waals surface area (Å²) in [6.45, 7) is 0.590. The van der Waals surface area contributed by atoms with E-state index in [0.717, 1.165) is 27.7 Å². The van der Waals surface area contributed by atoms with Gasteiger partial charge in [0.25, 0.3) is 0 Å². The molecule has 3 rings (SSSR count). The summed E-state index contributed by atoms with van der Waals surface area (Å²) in [5.74, 6) is 1.81. The van der Waals surface area contributed by atoms with Crippen molar-refractivity contribution in [2.24, 2.45) is 0 Å². The smallest absolute Gasteiger partial charge is 0.166 e. The number of fused-ring (bicyclic) bond motifs is 1. The van der Waals surface area contributed by atoms with E-state index in [-0.39, 0.29) is 5.75 Å². The Morgan fingerprint density at radius 3 is 2.70 bits per heavy atom. The second-order valence-corrected chi connectivity index (χ2v) is 5.33. The highest BCUT2D eigenvalue weighted by Crippen LogP contribution is 2.20. The number of hydrogen-bond donors (Lipinski definition) is 2. The van der Waals surface area contributed by atoms with Gasteiger partial charge in [-0.2, -0.15) is 0 Å². The molecule has 4 nitrogen and oxygen atoms in total. The third-order valence-corrected chi connectivity index (χ3v) is 3.63. The lowest BCUT2D eigenvalue weighted by atomic mass is 10.3. The molecule has 2 N–H and O–H groups in total. The largest absolute Gasteiger partial charge is 0.508 e. The molecule has 0 aliphatic rings. The fraction of sp³-hybridized carbons (Fsp3) is 0.133. The lowest BCUT2D eigenvalue weighted by Crippen LogP contribution is -2.00. The summed E-state index contributed by atoms with van der Waals surface area (Å²) in [6.07, 6.45) is 0. The molecule has 1 heterocycles. The van der Waals surface area contributed by atoms with E-state index >= 15 is 0 Å². The molecule has 0 spiro atoms. The topological polar surface area (TPSA) is 58.1 Å². The van der Waals surface area contributed by atoms with Crippen LogP contribution >= 0.6 is 11.8 Å². The van der Waals surface area contributed by atoms with Gasteiger partial charge in [-0.3, -0.25) is 0 Å². The fourth-order valence-corrected chi connectivity index (χ4v) is 2.54. The number of aromatic amines is 1. The van der Waals surface area contributed by atoms with E-state index in [1.165, 1.54) is 0 Å². The van der Waals surface area contributed by atoms with Crippen LogP contribution in [-0.2, 0) is 0 Å². The van der Waals surface area contributed by atoms with Crippen LogP contribution in [0.1, 0.15) is 0 Å². The summed E-state index contributed by atoms with van der Waals surface area (Å²) in [5.41, 5.74) is 2.03. The first-order chi connectivity index (χ1) is 9.81. The van der Waals surface area contributed by atoms with Gasteiger partial charge in [-0.05, 0) is 36.4 Å². The van der Waals surface area contributed by atoms with Gasteiger partial charge in [0.1, 0.15) is 11.5 Å². The Balaban J connectivity index is 1.51. The fourth-order valence-electron chi connectivity index (χ4n) is 1.84. The van der Waals surface area contributed by atoms with Crippen LogP contribution in [0.25, 0.3) is 11.0 Å². The van der Waals surface area contributed by atoms with Gasteiger partial charge in [0.05, 0.1) is 17.6 Å². The van der Waals surface area contributed by atoms with Gasteiger partial charge in [0.2, 0.25) is 0 Å². The van der Waals surface area contributed by atoms with E-state index in [0.29, 0.717) is 6.61 Å². The summed E-state index contributed by atoms with van der Waals surface area (Å²) in [6, 6.07) is 14.7. The number of phenolic OH excluding ortho intramolecular Hbond substituents is 1. The van der Waals surface area contributed by atoms with Crippen LogP contribution in [0.5, 0.6) is 11.5 Å².